The lowest BCUT2D eigenvalue weighted by atomic mass is 10.3. The number of ether oxygens (including phenoxy) is 1. The van der Waals surface area contributed by atoms with E-state index < -0.39 is 0 Å². The van der Waals surface area contributed by atoms with E-state index in [1.807, 2.05) is 29.1 Å². The third-order valence-corrected chi connectivity index (χ3v) is 5.51. The maximum atomic E-state index is 12.2. The van der Waals surface area contributed by atoms with Gasteiger partial charge < -0.3 is 10.1 Å². The number of hydrogen-bond donors (Lipinski definition) is 1. The highest BCUT2D eigenvalue weighted by Crippen LogP contribution is 2.24. The first-order valence-electron chi connectivity index (χ1n) is 8.26. The van der Waals surface area contributed by atoms with Crippen molar-refractivity contribution in [3.8, 4) is 17.4 Å². The summed E-state index contributed by atoms with van der Waals surface area (Å²) in [7, 11) is 0. The van der Waals surface area contributed by atoms with E-state index in [1.165, 1.54) is 11.3 Å². The Balaban J connectivity index is 1.40. The minimum absolute atomic E-state index is 0.152. The molecule has 1 amide bonds. The van der Waals surface area contributed by atoms with Gasteiger partial charge in [0.25, 0.3) is 5.91 Å². The van der Waals surface area contributed by atoms with Crippen LogP contribution in [0, 0.1) is 6.92 Å². The van der Waals surface area contributed by atoms with E-state index in [2.05, 4.69) is 36.4 Å². The zero-order valence-corrected chi connectivity index (χ0v) is 17.1. The number of nitrogens with zero attached hydrogens (tertiary/aromatic N) is 4. The number of carbonyl (C=O) groups excluding carboxylic acids is 1. The number of halogens is 1. The van der Waals surface area contributed by atoms with E-state index in [9.17, 15) is 4.79 Å². The predicted molar refractivity (Wildman–Crippen MR) is 110 cm³/mol. The molecule has 0 aliphatic carbocycles. The van der Waals surface area contributed by atoms with Gasteiger partial charge in [-0.2, -0.15) is 0 Å². The van der Waals surface area contributed by atoms with Crippen molar-refractivity contribution in [1.82, 2.24) is 19.7 Å². The van der Waals surface area contributed by atoms with Crippen molar-refractivity contribution in [1.29, 1.82) is 0 Å². The van der Waals surface area contributed by atoms with Crippen LogP contribution < -0.4 is 10.1 Å². The van der Waals surface area contributed by atoms with E-state index in [0.717, 1.165) is 10.3 Å². The Kier molecular flexibility index (Phi) is 5.18. The van der Waals surface area contributed by atoms with Gasteiger partial charge in [-0.25, -0.2) is 4.98 Å². The van der Waals surface area contributed by atoms with Gasteiger partial charge in [-0.3, -0.25) is 9.36 Å². The number of imidazole rings is 1. The number of benzene rings is 1. The molecule has 1 aromatic carbocycles. The zero-order chi connectivity index (χ0) is 19.5. The number of aryl methyl sites for hydroxylation is 1. The van der Waals surface area contributed by atoms with Gasteiger partial charge in [-0.1, -0.05) is 0 Å². The van der Waals surface area contributed by atoms with Crippen LogP contribution in [0.1, 0.15) is 15.5 Å². The Hall–Kier alpha value is -3.04. The molecule has 0 spiro atoms. The second-order valence-electron chi connectivity index (χ2n) is 5.78. The summed E-state index contributed by atoms with van der Waals surface area (Å²) in [6.07, 6.45) is 3.53. The summed E-state index contributed by atoms with van der Waals surface area (Å²) in [5.74, 6) is 2.32. The third kappa shape index (κ3) is 4.10. The maximum absolute atomic E-state index is 12.2. The molecule has 0 saturated carbocycles. The molecule has 140 valence electrons. The van der Waals surface area contributed by atoms with Crippen LogP contribution in [0.15, 0.2) is 64.7 Å². The van der Waals surface area contributed by atoms with Gasteiger partial charge in [0, 0.05) is 34.0 Å². The fraction of sp³-hybridized carbons (Fsp3) is 0.0526. The van der Waals surface area contributed by atoms with Crippen molar-refractivity contribution in [3.05, 3.63) is 75.4 Å². The SMILES string of the molecule is Cc1nccn1-c1ccc(Oc2ccc(NC(=O)c3cc(Br)cs3)cc2)nn1. The molecule has 0 atom stereocenters. The van der Waals surface area contributed by atoms with E-state index in [1.54, 1.807) is 42.6 Å². The Morgan fingerprint density at radius 3 is 2.61 bits per heavy atom. The molecule has 0 saturated heterocycles. The molecule has 3 heterocycles. The molecule has 28 heavy (non-hydrogen) atoms. The number of amides is 1. The first-order valence-corrected chi connectivity index (χ1v) is 9.93. The van der Waals surface area contributed by atoms with E-state index in [4.69, 9.17) is 4.74 Å². The van der Waals surface area contributed by atoms with Crippen molar-refractivity contribution >= 4 is 38.9 Å². The monoisotopic (exact) mass is 455 g/mol. The molecule has 1 N–H and O–H groups in total. The summed E-state index contributed by atoms with van der Waals surface area (Å²) in [5.41, 5.74) is 0.680. The van der Waals surface area contributed by atoms with Crippen molar-refractivity contribution in [2.24, 2.45) is 0 Å². The first-order chi connectivity index (χ1) is 13.6. The molecular weight excluding hydrogens is 442 g/mol. The quantitative estimate of drug-likeness (QED) is 0.465. The minimum Gasteiger partial charge on any atom is -0.438 e. The van der Waals surface area contributed by atoms with Gasteiger partial charge in [-0.05, 0) is 59.3 Å². The van der Waals surface area contributed by atoms with Crippen LogP contribution in [0.25, 0.3) is 5.82 Å². The van der Waals surface area contributed by atoms with Gasteiger partial charge in [0.1, 0.15) is 11.6 Å². The number of hydrogen-bond acceptors (Lipinski definition) is 6. The molecule has 0 aliphatic rings. The fourth-order valence-corrected chi connectivity index (χ4v) is 3.79. The summed E-state index contributed by atoms with van der Waals surface area (Å²) in [4.78, 5) is 17.0. The lowest BCUT2D eigenvalue weighted by Gasteiger charge is -2.08. The summed E-state index contributed by atoms with van der Waals surface area (Å²) in [5, 5.41) is 13.0. The van der Waals surface area contributed by atoms with Crippen molar-refractivity contribution in [2.45, 2.75) is 6.92 Å². The highest BCUT2D eigenvalue weighted by atomic mass is 79.9. The number of nitrogens with one attached hydrogen (secondary N) is 1. The minimum atomic E-state index is -0.152. The van der Waals surface area contributed by atoms with Gasteiger partial charge in [0.15, 0.2) is 5.82 Å². The molecular formula is C19H14BrN5O2S. The average molecular weight is 456 g/mol. The van der Waals surface area contributed by atoms with Crippen molar-refractivity contribution in [3.63, 3.8) is 0 Å². The van der Waals surface area contributed by atoms with Crippen LogP contribution in [-0.2, 0) is 0 Å². The lowest BCUT2D eigenvalue weighted by molar-refractivity contribution is 0.103. The average Bonchev–Trinajstić information content (AvgIpc) is 3.32. The number of aromatic nitrogens is 4. The van der Waals surface area contributed by atoms with Crippen LogP contribution in [0.2, 0.25) is 0 Å². The highest BCUT2D eigenvalue weighted by molar-refractivity contribution is 9.10. The summed E-state index contributed by atoms with van der Waals surface area (Å²) in [6.45, 7) is 1.89. The largest absolute Gasteiger partial charge is 0.438 e. The van der Waals surface area contributed by atoms with Crippen LogP contribution in [-0.4, -0.2) is 25.7 Å². The number of rotatable bonds is 5. The van der Waals surface area contributed by atoms with Gasteiger partial charge in [0.2, 0.25) is 5.88 Å². The first kappa shape index (κ1) is 18.3. The van der Waals surface area contributed by atoms with Gasteiger partial charge in [0.05, 0.1) is 4.88 Å². The summed E-state index contributed by atoms with van der Waals surface area (Å²) in [6, 6.07) is 12.4. The lowest BCUT2D eigenvalue weighted by Crippen LogP contribution is -2.09. The Bertz CT molecular complexity index is 1110. The second kappa shape index (κ2) is 7.91. The zero-order valence-electron chi connectivity index (χ0n) is 14.7. The molecule has 0 radical (unpaired) electrons. The number of thiophene rings is 1. The second-order valence-corrected chi connectivity index (χ2v) is 7.61. The third-order valence-electron chi connectivity index (χ3n) is 3.82. The van der Waals surface area contributed by atoms with Crippen molar-refractivity contribution in [2.75, 3.05) is 5.32 Å². The van der Waals surface area contributed by atoms with E-state index in [-0.39, 0.29) is 5.91 Å². The standard InChI is InChI=1S/C19H14BrN5O2S/c1-12-21-8-9-25(12)17-6-7-18(24-23-17)27-15-4-2-14(3-5-15)22-19(26)16-10-13(20)11-28-16/h2-11H,1H3,(H,22,26). The van der Waals surface area contributed by atoms with Crippen LogP contribution in [0.4, 0.5) is 5.69 Å². The van der Waals surface area contributed by atoms with Gasteiger partial charge in [-0.15, -0.1) is 21.5 Å². The van der Waals surface area contributed by atoms with E-state index in [0.29, 0.717) is 28.0 Å². The molecule has 4 aromatic rings. The van der Waals surface area contributed by atoms with Gasteiger partial charge >= 0.3 is 0 Å². The molecule has 9 heteroatoms. The molecule has 7 nitrogen and oxygen atoms in total. The maximum Gasteiger partial charge on any atom is 0.265 e. The number of anilines is 1. The predicted octanol–water partition coefficient (Wildman–Crippen LogP) is 4.84. The highest BCUT2D eigenvalue weighted by Gasteiger charge is 2.09. The normalized spacial score (nSPS) is 10.6. The summed E-state index contributed by atoms with van der Waals surface area (Å²) < 4.78 is 8.44. The Morgan fingerprint density at radius 2 is 2.00 bits per heavy atom. The molecule has 0 bridgehead atoms. The molecule has 0 aliphatic heterocycles. The molecule has 4 rings (SSSR count). The van der Waals surface area contributed by atoms with Crippen LogP contribution in [0.3, 0.4) is 0 Å². The smallest absolute Gasteiger partial charge is 0.265 e. The molecule has 3 aromatic heterocycles. The number of carbonyl (C=O) groups is 1. The Morgan fingerprint density at radius 1 is 1.18 bits per heavy atom. The van der Waals surface area contributed by atoms with Crippen LogP contribution in [0.5, 0.6) is 11.6 Å². The topological polar surface area (TPSA) is 81.9 Å². The Labute approximate surface area is 173 Å². The van der Waals surface area contributed by atoms with Crippen LogP contribution >= 0.6 is 27.3 Å². The van der Waals surface area contributed by atoms with Crippen molar-refractivity contribution < 1.29 is 9.53 Å². The fourth-order valence-electron chi connectivity index (χ4n) is 2.47. The van der Waals surface area contributed by atoms with E-state index >= 15 is 0 Å². The summed E-state index contributed by atoms with van der Waals surface area (Å²) >= 11 is 4.72. The molecule has 0 fully saturated rings. The molecule has 0 unspecified atom stereocenters.